The van der Waals surface area contributed by atoms with Crippen LogP contribution in [0.25, 0.3) is 0 Å². The Morgan fingerprint density at radius 3 is 1.57 bits per heavy atom. The largest absolute Gasteiger partial charge is 0.422 e. The van der Waals surface area contributed by atoms with Crippen molar-refractivity contribution in [2.75, 3.05) is 0 Å². The van der Waals surface area contributed by atoms with Crippen LogP contribution in [-0.4, -0.2) is 41.4 Å². The lowest BCUT2D eigenvalue weighted by Gasteiger charge is -2.54. The normalized spacial score (nSPS) is 35.9. The van der Waals surface area contributed by atoms with Gasteiger partial charge in [-0.3, -0.25) is 19.2 Å². The molecule has 4 bridgehead atoms. The molecule has 4 aliphatic rings. The minimum Gasteiger partial charge on any atom is -0.422 e. The van der Waals surface area contributed by atoms with Crippen LogP contribution in [0.4, 0.5) is 0 Å². The third-order valence-electron chi connectivity index (χ3n) is 15.3. The van der Waals surface area contributed by atoms with E-state index in [9.17, 15) is 28.8 Å². The van der Waals surface area contributed by atoms with Gasteiger partial charge in [-0.2, -0.15) is 0 Å². The first-order valence-corrected chi connectivity index (χ1v) is 17.2. The topological polar surface area (TPSA) is 121 Å². The molecule has 0 radical (unpaired) electrons. The molecular weight excluding hydrogens is 596 g/mol. The number of rotatable bonds is 13. The molecule has 0 N–H and O–H groups in total. The van der Waals surface area contributed by atoms with Crippen LogP contribution in [0.3, 0.4) is 0 Å². The molecule has 8 heteroatoms. The van der Waals surface area contributed by atoms with E-state index in [4.69, 9.17) is 9.47 Å². The second-order valence-electron chi connectivity index (χ2n) is 17.4. The summed E-state index contributed by atoms with van der Waals surface area (Å²) in [7, 11) is 0. The minimum absolute atomic E-state index is 0.0161. The predicted octanol–water partition coefficient (Wildman–Crippen LogP) is 7.46. The number of hydrogen-bond acceptors (Lipinski definition) is 8. The molecule has 5 atom stereocenters. The summed E-state index contributed by atoms with van der Waals surface area (Å²) in [5, 5.41) is 0. The summed E-state index contributed by atoms with van der Waals surface area (Å²) in [6.07, 6.45) is 4.57. The lowest BCUT2D eigenvalue weighted by atomic mass is 9.47. The summed E-state index contributed by atoms with van der Waals surface area (Å²) in [6, 6.07) is 0. The quantitative estimate of drug-likeness (QED) is 0.0661. The number of ether oxygens (including phenoxy) is 2. The lowest BCUT2D eigenvalue weighted by molar-refractivity contribution is -0.200. The Labute approximate surface area is 280 Å². The smallest absolute Gasteiger partial charge is 0.336 e. The Kier molecular flexibility index (Phi) is 8.69. The van der Waals surface area contributed by atoms with E-state index in [0.717, 1.165) is 32.1 Å². The van der Waals surface area contributed by atoms with Gasteiger partial charge in [-0.15, -0.1) is 0 Å². The fourth-order valence-electron chi connectivity index (χ4n) is 11.2. The molecular formula is C39H56O8. The van der Waals surface area contributed by atoms with Crippen LogP contribution < -0.4 is 0 Å². The number of carbonyl (C=O) groups is 6. The molecule has 0 spiro atoms. The van der Waals surface area contributed by atoms with Crippen molar-refractivity contribution in [3.8, 4) is 0 Å². The van der Waals surface area contributed by atoms with Crippen molar-refractivity contribution >= 4 is 35.1 Å². The Bertz CT molecular complexity index is 1450. The molecule has 4 saturated carbocycles. The lowest BCUT2D eigenvalue weighted by Crippen LogP contribution is -2.58. The van der Waals surface area contributed by atoms with Crippen molar-refractivity contribution in [2.45, 2.75) is 140 Å². The van der Waals surface area contributed by atoms with Crippen LogP contribution in [0.2, 0.25) is 0 Å². The van der Waals surface area contributed by atoms with Gasteiger partial charge in [-0.25, -0.2) is 9.59 Å². The molecule has 260 valence electrons. The SMILES string of the molecule is C=C(C)C(=O)OC(CC1(C)C(C)(C)C2(CCCCCCC34CCC(C)(C(=O)C3=O)C4(C)C)C(=O)C(=O)C1(C)C2(C)C)OC(=O)C(=C)C. The average Bonchev–Trinajstić information content (AvgIpc) is 3.32. The molecule has 4 rings (SSSR count). The van der Waals surface area contributed by atoms with Crippen molar-refractivity contribution in [1.29, 1.82) is 0 Å². The van der Waals surface area contributed by atoms with Crippen LogP contribution in [-0.2, 0) is 38.2 Å². The average molecular weight is 653 g/mol. The van der Waals surface area contributed by atoms with Gasteiger partial charge in [0.05, 0.1) is 0 Å². The van der Waals surface area contributed by atoms with Crippen molar-refractivity contribution in [2.24, 2.45) is 43.3 Å². The van der Waals surface area contributed by atoms with E-state index < -0.39 is 61.9 Å². The van der Waals surface area contributed by atoms with Gasteiger partial charge in [0.2, 0.25) is 29.4 Å². The Morgan fingerprint density at radius 1 is 0.638 bits per heavy atom. The van der Waals surface area contributed by atoms with Crippen LogP contribution in [0.1, 0.15) is 134 Å². The second-order valence-corrected chi connectivity index (χ2v) is 17.4. The highest BCUT2D eigenvalue weighted by Crippen LogP contribution is 2.85. The zero-order chi connectivity index (χ0) is 36.0. The highest BCUT2D eigenvalue weighted by Gasteiger charge is 2.88. The van der Waals surface area contributed by atoms with Crippen molar-refractivity contribution < 1.29 is 38.2 Å². The first kappa shape index (κ1) is 36.9. The maximum atomic E-state index is 14.2. The van der Waals surface area contributed by atoms with Crippen LogP contribution in [0.15, 0.2) is 24.3 Å². The highest BCUT2D eigenvalue weighted by atomic mass is 16.7. The van der Waals surface area contributed by atoms with Crippen LogP contribution in [0.5, 0.6) is 0 Å². The van der Waals surface area contributed by atoms with Gasteiger partial charge in [0, 0.05) is 39.2 Å². The molecule has 0 aliphatic heterocycles. The first-order chi connectivity index (χ1) is 21.3. The number of hydrogen-bond donors (Lipinski definition) is 0. The molecule has 0 aromatic carbocycles. The summed E-state index contributed by atoms with van der Waals surface area (Å²) < 4.78 is 11.3. The third-order valence-corrected chi connectivity index (χ3v) is 15.3. The van der Waals surface area contributed by atoms with Gasteiger partial charge in [0.15, 0.2) is 0 Å². The molecule has 0 heterocycles. The van der Waals surface area contributed by atoms with Gasteiger partial charge < -0.3 is 9.47 Å². The third kappa shape index (κ3) is 4.24. The molecule has 47 heavy (non-hydrogen) atoms. The molecule has 4 fully saturated rings. The zero-order valence-corrected chi connectivity index (χ0v) is 30.6. The van der Waals surface area contributed by atoms with E-state index in [1.807, 2.05) is 48.5 Å². The predicted molar refractivity (Wildman–Crippen MR) is 178 cm³/mol. The number of Topliss-reactive ketones (excluding diaryl/α,β-unsaturated/α-hetero) is 4. The fraction of sp³-hybridized carbons (Fsp3) is 0.744. The van der Waals surface area contributed by atoms with Crippen molar-refractivity contribution in [3.05, 3.63) is 24.3 Å². The monoisotopic (exact) mass is 652 g/mol. The maximum Gasteiger partial charge on any atom is 0.336 e. The first-order valence-electron chi connectivity index (χ1n) is 17.2. The molecule has 5 unspecified atom stereocenters. The number of ketones is 4. The Hall–Kier alpha value is -2.90. The fourth-order valence-corrected chi connectivity index (χ4v) is 11.2. The summed E-state index contributed by atoms with van der Waals surface area (Å²) in [5.41, 5.74) is -5.86. The Morgan fingerprint density at radius 2 is 1.13 bits per heavy atom. The van der Waals surface area contributed by atoms with Crippen LogP contribution >= 0.6 is 0 Å². The second kappa shape index (κ2) is 11.1. The standard InChI is InChI=1S/C39H56O8/c1-23(2)30(44)46-25(47-31(45)24(3)4)22-36(12)33(7,8)39(29(43)27(41)37(36,13)34(39,9)10)19-17-15-14-16-18-38-21-20-35(11,32(38,5)6)26(40)28(38)42/h25H,1,3,14-22H2,2,4-13H3. The molecule has 4 aliphatic carbocycles. The highest BCUT2D eigenvalue weighted by molar-refractivity contribution is 6.45. The van der Waals surface area contributed by atoms with Gasteiger partial charge in [0.25, 0.3) is 0 Å². The number of fused-ring (bicyclic) bond motifs is 4. The van der Waals surface area contributed by atoms with Gasteiger partial charge >= 0.3 is 11.9 Å². The number of unbranched alkanes of at least 4 members (excludes halogenated alkanes) is 3. The van der Waals surface area contributed by atoms with Gasteiger partial charge in [-0.1, -0.05) is 101 Å². The summed E-state index contributed by atoms with van der Waals surface area (Å²) in [6.45, 7) is 28.2. The summed E-state index contributed by atoms with van der Waals surface area (Å²) in [4.78, 5) is 79.6. The Balaban J connectivity index is 1.56. The molecule has 0 saturated heterocycles. The zero-order valence-electron chi connectivity index (χ0n) is 30.6. The van der Waals surface area contributed by atoms with Gasteiger partial charge in [0.1, 0.15) is 0 Å². The minimum atomic E-state index is -1.31. The van der Waals surface area contributed by atoms with E-state index >= 15 is 0 Å². The number of esters is 2. The van der Waals surface area contributed by atoms with Crippen molar-refractivity contribution in [3.63, 3.8) is 0 Å². The van der Waals surface area contributed by atoms with Crippen molar-refractivity contribution in [1.82, 2.24) is 0 Å². The van der Waals surface area contributed by atoms with E-state index in [-0.39, 0.29) is 40.3 Å². The number of carbonyl (C=O) groups excluding carboxylic acids is 6. The van der Waals surface area contributed by atoms with E-state index in [1.165, 1.54) is 13.8 Å². The van der Waals surface area contributed by atoms with Crippen LogP contribution in [0, 0.1) is 43.3 Å². The summed E-state index contributed by atoms with van der Waals surface area (Å²) >= 11 is 0. The van der Waals surface area contributed by atoms with E-state index in [2.05, 4.69) is 27.0 Å². The molecule has 0 amide bonds. The van der Waals surface area contributed by atoms with E-state index in [0.29, 0.717) is 19.3 Å². The molecule has 0 aromatic rings. The maximum absolute atomic E-state index is 14.2. The summed E-state index contributed by atoms with van der Waals surface area (Å²) in [5.74, 6) is -2.63. The molecule has 8 nitrogen and oxygen atoms in total. The molecule has 0 aromatic heterocycles. The van der Waals surface area contributed by atoms with Gasteiger partial charge in [-0.05, 0) is 61.2 Å². The van der Waals surface area contributed by atoms with E-state index in [1.54, 1.807) is 0 Å².